The van der Waals surface area contributed by atoms with Crippen LogP contribution in [0.25, 0.3) is 0 Å². The van der Waals surface area contributed by atoms with E-state index in [4.69, 9.17) is 0 Å². The highest BCUT2D eigenvalue weighted by Crippen LogP contribution is 2.25. The van der Waals surface area contributed by atoms with Gasteiger partial charge in [0, 0.05) is 30.8 Å². The maximum atomic E-state index is 13.6. The highest BCUT2D eigenvalue weighted by molar-refractivity contribution is 5.29. The molecule has 0 aliphatic rings. The highest BCUT2D eigenvalue weighted by atomic mass is 19.1. The second-order valence-electron chi connectivity index (χ2n) is 4.66. The molecule has 0 radical (unpaired) electrons. The summed E-state index contributed by atoms with van der Waals surface area (Å²) in [4.78, 5) is 0. The molecule has 0 bridgehead atoms. The Balaban J connectivity index is 2.28. The third kappa shape index (κ3) is 2.66. The number of rotatable bonds is 3. The average Bonchev–Trinajstić information content (AvgIpc) is 2.57. The van der Waals surface area contributed by atoms with Gasteiger partial charge in [0.15, 0.2) is 0 Å². The average molecular weight is 266 g/mol. The second kappa shape index (κ2) is 5.09. The summed E-state index contributed by atoms with van der Waals surface area (Å²) in [6.07, 6.45) is -0.756. The Bertz CT molecular complexity index is 608. The lowest BCUT2D eigenvalue weighted by atomic mass is 9.99. The van der Waals surface area contributed by atoms with E-state index in [2.05, 4.69) is 5.10 Å². The summed E-state index contributed by atoms with van der Waals surface area (Å²) in [7, 11) is 1.79. The van der Waals surface area contributed by atoms with Gasteiger partial charge in [0.25, 0.3) is 0 Å². The zero-order valence-electron chi connectivity index (χ0n) is 11.1. The third-order valence-electron chi connectivity index (χ3n) is 3.33. The van der Waals surface area contributed by atoms with Crippen molar-refractivity contribution in [3.63, 3.8) is 0 Å². The molecule has 2 aromatic rings. The zero-order valence-corrected chi connectivity index (χ0v) is 11.1. The smallest absolute Gasteiger partial charge is 0.129 e. The van der Waals surface area contributed by atoms with Crippen LogP contribution in [0.2, 0.25) is 0 Å². The summed E-state index contributed by atoms with van der Waals surface area (Å²) in [5.41, 5.74) is 2.55. The number of aliphatic hydroxyl groups is 1. The van der Waals surface area contributed by atoms with Gasteiger partial charge in [-0.3, -0.25) is 4.68 Å². The standard InChI is InChI=1S/C14H16F2N2O/c1-8-14(9(2)18(3)17-8)13(19)6-10-4-5-11(15)7-12(10)16/h4-5,7,13,19H,6H2,1-3H3. The fraction of sp³-hybridized carbons (Fsp3) is 0.357. The monoisotopic (exact) mass is 266 g/mol. The first-order valence-electron chi connectivity index (χ1n) is 6.02. The van der Waals surface area contributed by atoms with Crippen LogP contribution in [0.15, 0.2) is 18.2 Å². The predicted molar refractivity (Wildman–Crippen MR) is 67.7 cm³/mol. The number of aromatic nitrogens is 2. The van der Waals surface area contributed by atoms with Crippen molar-refractivity contribution in [3.8, 4) is 0 Å². The van der Waals surface area contributed by atoms with Gasteiger partial charge in [0.2, 0.25) is 0 Å². The summed E-state index contributed by atoms with van der Waals surface area (Å²) in [6.45, 7) is 3.64. The minimum absolute atomic E-state index is 0.0967. The maximum Gasteiger partial charge on any atom is 0.129 e. The lowest BCUT2D eigenvalue weighted by Gasteiger charge is -2.12. The molecule has 1 unspecified atom stereocenters. The minimum atomic E-state index is -0.853. The fourth-order valence-electron chi connectivity index (χ4n) is 2.27. The number of aliphatic hydroxyl groups excluding tert-OH is 1. The van der Waals surface area contributed by atoms with Gasteiger partial charge < -0.3 is 5.11 Å². The quantitative estimate of drug-likeness (QED) is 0.927. The van der Waals surface area contributed by atoms with Crippen LogP contribution in [-0.4, -0.2) is 14.9 Å². The van der Waals surface area contributed by atoms with Crippen molar-refractivity contribution >= 4 is 0 Å². The first kappa shape index (κ1) is 13.7. The lowest BCUT2D eigenvalue weighted by molar-refractivity contribution is 0.175. The summed E-state index contributed by atoms with van der Waals surface area (Å²) in [6, 6.07) is 3.37. The molecule has 0 aliphatic heterocycles. The van der Waals surface area contributed by atoms with Gasteiger partial charge in [-0.25, -0.2) is 8.78 Å². The topological polar surface area (TPSA) is 38.0 Å². The van der Waals surface area contributed by atoms with Crippen molar-refractivity contribution in [1.82, 2.24) is 9.78 Å². The van der Waals surface area contributed by atoms with E-state index < -0.39 is 17.7 Å². The number of benzene rings is 1. The first-order chi connectivity index (χ1) is 8.90. The molecule has 0 saturated heterocycles. The van der Waals surface area contributed by atoms with Crippen molar-refractivity contribution in [3.05, 3.63) is 52.3 Å². The van der Waals surface area contributed by atoms with Gasteiger partial charge in [0.1, 0.15) is 11.6 Å². The Morgan fingerprint density at radius 1 is 1.32 bits per heavy atom. The van der Waals surface area contributed by atoms with Crippen molar-refractivity contribution in [2.75, 3.05) is 0 Å². The predicted octanol–water partition coefficient (Wildman–Crippen LogP) is 2.59. The van der Waals surface area contributed by atoms with Gasteiger partial charge in [0.05, 0.1) is 11.8 Å². The molecule has 0 fully saturated rings. The highest BCUT2D eigenvalue weighted by Gasteiger charge is 2.19. The summed E-state index contributed by atoms with van der Waals surface area (Å²) in [5.74, 6) is -1.26. The molecule has 1 aromatic carbocycles. The van der Waals surface area contributed by atoms with Crippen LogP contribution < -0.4 is 0 Å². The van der Waals surface area contributed by atoms with Crippen LogP contribution in [0, 0.1) is 25.5 Å². The first-order valence-corrected chi connectivity index (χ1v) is 6.02. The summed E-state index contributed by atoms with van der Waals surface area (Å²) < 4.78 is 28.1. The molecule has 2 rings (SSSR count). The van der Waals surface area contributed by atoms with Crippen LogP contribution in [-0.2, 0) is 13.5 Å². The van der Waals surface area contributed by atoms with Crippen LogP contribution in [0.1, 0.15) is 28.6 Å². The summed E-state index contributed by atoms with van der Waals surface area (Å²) in [5, 5.41) is 14.4. The van der Waals surface area contributed by atoms with Crippen LogP contribution in [0.3, 0.4) is 0 Å². The van der Waals surface area contributed by atoms with E-state index in [9.17, 15) is 13.9 Å². The number of nitrogens with zero attached hydrogens (tertiary/aromatic N) is 2. The molecule has 1 atom stereocenters. The van der Waals surface area contributed by atoms with E-state index in [0.29, 0.717) is 5.56 Å². The largest absolute Gasteiger partial charge is 0.388 e. The molecule has 1 N–H and O–H groups in total. The van der Waals surface area contributed by atoms with Crippen molar-refractivity contribution in [2.45, 2.75) is 26.4 Å². The molecule has 0 aliphatic carbocycles. The molecule has 3 nitrogen and oxygen atoms in total. The molecule has 0 spiro atoms. The molecule has 0 amide bonds. The number of aryl methyl sites for hydroxylation is 2. The molecule has 1 aromatic heterocycles. The van der Waals surface area contributed by atoms with Gasteiger partial charge in [-0.2, -0.15) is 5.10 Å². The normalized spacial score (nSPS) is 12.7. The van der Waals surface area contributed by atoms with Crippen LogP contribution >= 0.6 is 0 Å². The van der Waals surface area contributed by atoms with Crippen molar-refractivity contribution < 1.29 is 13.9 Å². The molecule has 19 heavy (non-hydrogen) atoms. The van der Waals surface area contributed by atoms with E-state index in [-0.39, 0.29) is 12.0 Å². The van der Waals surface area contributed by atoms with Gasteiger partial charge in [-0.1, -0.05) is 6.07 Å². The van der Waals surface area contributed by atoms with Crippen molar-refractivity contribution in [2.24, 2.45) is 7.05 Å². The van der Waals surface area contributed by atoms with E-state index in [1.54, 1.807) is 18.7 Å². The SMILES string of the molecule is Cc1nn(C)c(C)c1C(O)Cc1ccc(F)cc1F. The van der Waals surface area contributed by atoms with Crippen molar-refractivity contribution in [1.29, 1.82) is 0 Å². The number of hydrogen-bond acceptors (Lipinski definition) is 2. The molecule has 1 heterocycles. The van der Waals surface area contributed by atoms with E-state index >= 15 is 0 Å². The summed E-state index contributed by atoms with van der Waals surface area (Å²) >= 11 is 0. The number of halogens is 2. The second-order valence-corrected chi connectivity index (χ2v) is 4.66. The van der Waals surface area contributed by atoms with Gasteiger partial charge in [-0.05, 0) is 25.5 Å². The third-order valence-corrected chi connectivity index (χ3v) is 3.33. The molecule has 102 valence electrons. The Hall–Kier alpha value is -1.75. The maximum absolute atomic E-state index is 13.6. The fourth-order valence-corrected chi connectivity index (χ4v) is 2.27. The Morgan fingerprint density at radius 3 is 2.53 bits per heavy atom. The number of hydrogen-bond donors (Lipinski definition) is 1. The Morgan fingerprint density at radius 2 is 2.00 bits per heavy atom. The molecule has 5 heteroatoms. The van der Waals surface area contributed by atoms with Gasteiger partial charge in [-0.15, -0.1) is 0 Å². The molecular formula is C14H16F2N2O. The minimum Gasteiger partial charge on any atom is -0.388 e. The van der Waals surface area contributed by atoms with Crippen LogP contribution in [0.5, 0.6) is 0 Å². The van der Waals surface area contributed by atoms with E-state index in [0.717, 1.165) is 17.5 Å². The Kier molecular flexibility index (Phi) is 3.66. The van der Waals surface area contributed by atoms with E-state index in [1.165, 1.54) is 12.1 Å². The van der Waals surface area contributed by atoms with Crippen LogP contribution in [0.4, 0.5) is 8.78 Å². The zero-order chi connectivity index (χ0) is 14.2. The molecular weight excluding hydrogens is 250 g/mol. The lowest BCUT2D eigenvalue weighted by Crippen LogP contribution is -2.06. The van der Waals surface area contributed by atoms with Gasteiger partial charge >= 0.3 is 0 Å². The Labute approximate surface area is 110 Å². The molecule has 0 saturated carbocycles. The van der Waals surface area contributed by atoms with E-state index in [1.807, 2.05) is 6.92 Å².